The average molecular weight is 349 g/mol. The molecule has 126 valence electrons. The van der Waals surface area contributed by atoms with Crippen LogP contribution in [0.4, 0.5) is 0 Å². The highest BCUT2D eigenvalue weighted by molar-refractivity contribution is 7.89. The van der Waals surface area contributed by atoms with E-state index >= 15 is 0 Å². The predicted octanol–water partition coefficient (Wildman–Crippen LogP) is 0.812. The van der Waals surface area contributed by atoms with Crippen molar-refractivity contribution < 1.29 is 23.1 Å². The summed E-state index contributed by atoms with van der Waals surface area (Å²) in [6, 6.07) is 10.0. The molecule has 0 radical (unpaired) electrons. The zero-order valence-electron chi connectivity index (χ0n) is 12.6. The lowest BCUT2D eigenvalue weighted by molar-refractivity contribution is 0.0952. The quantitative estimate of drug-likeness (QED) is 0.543. The van der Waals surface area contributed by atoms with Crippen molar-refractivity contribution in [3.8, 4) is 11.5 Å². The zero-order valence-corrected chi connectivity index (χ0v) is 13.4. The van der Waals surface area contributed by atoms with Crippen molar-refractivity contribution >= 4 is 22.1 Å². The van der Waals surface area contributed by atoms with E-state index in [2.05, 4.69) is 10.5 Å². The Labute approximate surface area is 138 Å². The number of aromatic hydroxyl groups is 1. The van der Waals surface area contributed by atoms with Gasteiger partial charge >= 0.3 is 0 Å². The number of nitrogens with one attached hydrogen (secondary N) is 1. The molecular weight excluding hydrogens is 334 g/mol. The minimum Gasteiger partial charge on any atom is -0.504 e. The summed E-state index contributed by atoms with van der Waals surface area (Å²) in [5.74, 6) is -0.493. The van der Waals surface area contributed by atoms with Gasteiger partial charge in [-0.25, -0.2) is 19.0 Å². The molecule has 8 nitrogen and oxygen atoms in total. The van der Waals surface area contributed by atoms with Gasteiger partial charge in [-0.3, -0.25) is 4.79 Å². The van der Waals surface area contributed by atoms with Crippen molar-refractivity contribution in [3.05, 3.63) is 53.6 Å². The summed E-state index contributed by atoms with van der Waals surface area (Å²) in [6.07, 6.45) is 1.32. The number of rotatable bonds is 5. The Balaban J connectivity index is 2.17. The fraction of sp³-hybridized carbons (Fsp3) is 0.0667. The number of benzene rings is 2. The third-order valence-electron chi connectivity index (χ3n) is 3.02. The summed E-state index contributed by atoms with van der Waals surface area (Å²) in [5, 5.41) is 18.3. The number of hydrogen-bond acceptors (Lipinski definition) is 6. The molecule has 0 aliphatic rings. The first-order valence-electron chi connectivity index (χ1n) is 6.65. The Morgan fingerprint density at radius 1 is 1.29 bits per heavy atom. The normalized spacial score (nSPS) is 11.4. The van der Waals surface area contributed by atoms with Crippen LogP contribution in [0.3, 0.4) is 0 Å². The second kappa shape index (κ2) is 7.11. The van der Waals surface area contributed by atoms with Crippen molar-refractivity contribution in [2.45, 2.75) is 4.90 Å². The number of carbonyl (C=O) groups excluding carboxylic acids is 1. The summed E-state index contributed by atoms with van der Waals surface area (Å²) >= 11 is 0. The van der Waals surface area contributed by atoms with E-state index in [0.29, 0.717) is 5.56 Å². The number of phenolic OH excluding ortho intramolecular Hbond substituents is 1. The first-order valence-corrected chi connectivity index (χ1v) is 8.20. The Morgan fingerprint density at radius 2 is 2.00 bits per heavy atom. The number of nitrogens with zero attached hydrogens (tertiary/aromatic N) is 1. The molecule has 0 aliphatic heterocycles. The number of primary sulfonamides is 1. The van der Waals surface area contributed by atoms with E-state index in [1.165, 1.54) is 49.7 Å². The molecule has 0 unspecified atom stereocenters. The highest BCUT2D eigenvalue weighted by atomic mass is 32.2. The molecule has 0 saturated carbocycles. The van der Waals surface area contributed by atoms with Gasteiger partial charge in [0.2, 0.25) is 10.0 Å². The maximum absolute atomic E-state index is 12.1. The maximum Gasteiger partial charge on any atom is 0.272 e. The van der Waals surface area contributed by atoms with E-state index in [0.717, 1.165) is 0 Å². The molecular formula is C15H15N3O5S. The third kappa shape index (κ3) is 4.09. The van der Waals surface area contributed by atoms with Crippen LogP contribution in [0.25, 0.3) is 0 Å². The van der Waals surface area contributed by atoms with Crippen LogP contribution < -0.4 is 15.3 Å². The van der Waals surface area contributed by atoms with Crippen molar-refractivity contribution in [1.82, 2.24) is 5.43 Å². The van der Waals surface area contributed by atoms with E-state index in [-0.39, 0.29) is 22.0 Å². The lowest BCUT2D eigenvalue weighted by Gasteiger charge is -2.06. The summed E-state index contributed by atoms with van der Waals surface area (Å²) < 4.78 is 27.9. The van der Waals surface area contributed by atoms with Crippen molar-refractivity contribution in [3.63, 3.8) is 0 Å². The molecule has 2 rings (SSSR count). The minimum atomic E-state index is -4.03. The number of sulfonamides is 1. The molecule has 0 bridgehead atoms. The molecule has 2 aromatic rings. The van der Waals surface area contributed by atoms with Gasteiger partial charge in [0.25, 0.3) is 5.91 Å². The highest BCUT2D eigenvalue weighted by Gasteiger charge is 2.18. The van der Waals surface area contributed by atoms with Gasteiger partial charge in [0, 0.05) is 0 Å². The largest absolute Gasteiger partial charge is 0.504 e. The molecule has 24 heavy (non-hydrogen) atoms. The number of hydrogen-bond donors (Lipinski definition) is 3. The molecule has 9 heteroatoms. The molecule has 0 saturated heterocycles. The SMILES string of the molecule is COc1cc(/C=N/NC(=O)c2ccccc2S(N)(=O)=O)ccc1O. The van der Waals surface area contributed by atoms with Gasteiger partial charge in [0.05, 0.1) is 23.8 Å². The number of amides is 1. The van der Waals surface area contributed by atoms with Crippen LogP contribution in [-0.4, -0.2) is 32.8 Å². The van der Waals surface area contributed by atoms with Crippen LogP contribution in [0.1, 0.15) is 15.9 Å². The van der Waals surface area contributed by atoms with Crippen molar-refractivity contribution in [2.24, 2.45) is 10.2 Å². The zero-order chi connectivity index (χ0) is 17.7. The van der Waals surface area contributed by atoms with Gasteiger partial charge in [0.1, 0.15) is 0 Å². The Kier molecular flexibility index (Phi) is 5.17. The number of hydrazone groups is 1. The number of phenols is 1. The number of methoxy groups -OCH3 is 1. The maximum atomic E-state index is 12.1. The van der Waals surface area contributed by atoms with Crippen LogP contribution >= 0.6 is 0 Å². The van der Waals surface area contributed by atoms with Gasteiger partial charge in [-0.15, -0.1) is 0 Å². The van der Waals surface area contributed by atoms with Crippen LogP contribution in [0.15, 0.2) is 52.5 Å². The Bertz CT molecular complexity index is 894. The molecule has 0 aliphatic carbocycles. The Hall–Kier alpha value is -2.91. The van der Waals surface area contributed by atoms with Crippen LogP contribution in [0.2, 0.25) is 0 Å². The lowest BCUT2D eigenvalue weighted by atomic mass is 10.2. The second-order valence-electron chi connectivity index (χ2n) is 4.67. The summed E-state index contributed by atoms with van der Waals surface area (Å²) in [6.45, 7) is 0. The van der Waals surface area contributed by atoms with Gasteiger partial charge < -0.3 is 9.84 Å². The van der Waals surface area contributed by atoms with E-state index in [1.807, 2.05) is 0 Å². The van der Waals surface area contributed by atoms with Crippen LogP contribution in [0, 0.1) is 0 Å². The third-order valence-corrected chi connectivity index (χ3v) is 3.99. The van der Waals surface area contributed by atoms with Gasteiger partial charge in [0.15, 0.2) is 11.5 Å². The molecule has 4 N–H and O–H groups in total. The predicted molar refractivity (Wildman–Crippen MR) is 87.5 cm³/mol. The van der Waals surface area contributed by atoms with E-state index in [1.54, 1.807) is 6.07 Å². The molecule has 0 heterocycles. The average Bonchev–Trinajstić information content (AvgIpc) is 2.55. The second-order valence-corrected chi connectivity index (χ2v) is 6.20. The smallest absolute Gasteiger partial charge is 0.272 e. The Morgan fingerprint density at radius 3 is 2.67 bits per heavy atom. The van der Waals surface area contributed by atoms with Crippen LogP contribution in [-0.2, 0) is 10.0 Å². The first-order chi connectivity index (χ1) is 11.3. The summed E-state index contributed by atoms with van der Waals surface area (Å²) in [7, 11) is -2.62. The number of nitrogens with two attached hydrogens (primary N) is 1. The standard InChI is InChI=1S/C15H15N3O5S/c1-23-13-8-10(6-7-12(13)19)9-17-18-15(20)11-4-2-3-5-14(11)24(16,21)22/h2-9,19H,1H3,(H,18,20)(H2,16,21,22)/b17-9+. The fourth-order valence-electron chi connectivity index (χ4n) is 1.90. The van der Waals surface area contributed by atoms with Crippen molar-refractivity contribution in [2.75, 3.05) is 7.11 Å². The number of carbonyl (C=O) groups is 1. The molecule has 0 spiro atoms. The van der Waals surface area contributed by atoms with Gasteiger partial charge in [-0.05, 0) is 35.9 Å². The molecule has 0 fully saturated rings. The van der Waals surface area contributed by atoms with Gasteiger partial charge in [-0.2, -0.15) is 5.10 Å². The van der Waals surface area contributed by atoms with Gasteiger partial charge in [-0.1, -0.05) is 12.1 Å². The summed E-state index contributed by atoms with van der Waals surface area (Å²) in [4.78, 5) is 11.8. The van der Waals surface area contributed by atoms with E-state index in [4.69, 9.17) is 9.88 Å². The topological polar surface area (TPSA) is 131 Å². The minimum absolute atomic E-state index is 0.0271. The molecule has 2 aromatic carbocycles. The monoisotopic (exact) mass is 349 g/mol. The number of ether oxygens (including phenoxy) is 1. The molecule has 0 atom stereocenters. The van der Waals surface area contributed by atoms with E-state index < -0.39 is 15.9 Å². The van der Waals surface area contributed by atoms with Crippen molar-refractivity contribution in [1.29, 1.82) is 0 Å². The lowest BCUT2D eigenvalue weighted by Crippen LogP contribution is -2.23. The van der Waals surface area contributed by atoms with Crippen LogP contribution in [0.5, 0.6) is 11.5 Å². The van der Waals surface area contributed by atoms with E-state index in [9.17, 15) is 18.3 Å². The summed E-state index contributed by atoms with van der Waals surface area (Å²) in [5.41, 5.74) is 2.67. The highest BCUT2D eigenvalue weighted by Crippen LogP contribution is 2.25. The first kappa shape index (κ1) is 17.4. The molecule has 0 aromatic heterocycles. The fourth-order valence-corrected chi connectivity index (χ4v) is 2.64. The molecule has 1 amide bonds.